The van der Waals surface area contributed by atoms with E-state index >= 15 is 0 Å². The van der Waals surface area contributed by atoms with Crippen molar-refractivity contribution < 1.29 is 9.90 Å². The summed E-state index contributed by atoms with van der Waals surface area (Å²) in [4.78, 5) is 11.1. The van der Waals surface area contributed by atoms with Gasteiger partial charge in [-0.15, -0.1) is 0 Å². The van der Waals surface area contributed by atoms with E-state index in [1.165, 1.54) is 0 Å². The minimum Gasteiger partial charge on any atom is -0.480 e. The van der Waals surface area contributed by atoms with Crippen LogP contribution in [0.3, 0.4) is 0 Å². The first-order valence-corrected chi connectivity index (χ1v) is 4.96. The number of rotatable bonds is 1. The van der Waals surface area contributed by atoms with Crippen LogP contribution in [-0.2, 0) is 4.79 Å². The van der Waals surface area contributed by atoms with Crippen molar-refractivity contribution in [1.82, 2.24) is 0 Å². The summed E-state index contributed by atoms with van der Waals surface area (Å²) in [5, 5.41) is 18.1. The summed E-state index contributed by atoms with van der Waals surface area (Å²) in [5.74, 6) is -0.644. The average molecular weight is 195 g/mol. The molecule has 78 valence electrons. The molecule has 2 unspecified atom stereocenters. The maximum atomic E-state index is 11.1. The van der Waals surface area contributed by atoms with Crippen molar-refractivity contribution in [2.75, 3.05) is 0 Å². The number of carboxylic acid groups (broad SMARTS) is 1. The summed E-state index contributed by atoms with van der Waals surface area (Å²) < 4.78 is 0. The standard InChI is InChI=1S/C11H17NO2/c1-8-4-10(2,3)6-11(5-8,7-12)9(13)14/h8H,4-6H2,1-3H3,(H,13,14). The number of nitriles is 1. The van der Waals surface area contributed by atoms with Gasteiger partial charge in [0.05, 0.1) is 6.07 Å². The van der Waals surface area contributed by atoms with Gasteiger partial charge in [-0.25, -0.2) is 0 Å². The molecule has 3 nitrogen and oxygen atoms in total. The lowest BCUT2D eigenvalue weighted by Crippen LogP contribution is -2.41. The summed E-state index contributed by atoms with van der Waals surface area (Å²) in [5.41, 5.74) is -1.19. The van der Waals surface area contributed by atoms with Crippen molar-refractivity contribution >= 4 is 5.97 Å². The topological polar surface area (TPSA) is 61.1 Å². The van der Waals surface area contributed by atoms with Crippen LogP contribution in [-0.4, -0.2) is 11.1 Å². The molecule has 0 spiro atoms. The largest absolute Gasteiger partial charge is 0.480 e. The number of hydrogen-bond donors (Lipinski definition) is 1. The van der Waals surface area contributed by atoms with E-state index in [-0.39, 0.29) is 5.41 Å². The fourth-order valence-corrected chi connectivity index (χ4v) is 2.87. The molecule has 0 aromatic heterocycles. The first-order valence-electron chi connectivity index (χ1n) is 4.96. The van der Waals surface area contributed by atoms with E-state index in [1.807, 2.05) is 26.8 Å². The smallest absolute Gasteiger partial charge is 0.324 e. The molecule has 1 aliphatic rings. The fourth-order valence-electron chi connectivity index (χ4n) is 2.87. The normalized spacial score (nSPS) is 36.0. The van der Waals surface area contributed by atoms with Crippen LogP contribution in [0.4, 0.5) is 0 Å². The Hall–Kier alpha value is -1.04. The lowest BCUT2D eigenvalue weighted by Gasteiger charge is -2.41. The van der Waals surface area contributed by atoms with Gasteiger partial charge in [0, 0.05) is 0 Å². The summed E-state index contributed by atoms with van der Waals surface area (Å²) in [7, 11) is 0. The molecule has 0 aliphatic heterocycles. The van der Waals surface area contributed by atoms with Crippen molar-refractivity contribution in [2.45, 2.75) is 40.0 Å². The van der Waals surface area contributed by atoms with Gasteiger partial charge in [0.15, 0.2) is 5.41 Å². The molecule has 0 amide bonds. The Labute approximate surface area is 84.7 Å². The van der Waals surface area contributed by atoms with Crippen LogP contribution in [0.25, 0.3) is 0 Å². The van der Waals surface area contributed by atoms with Gasteiger partial charge >= 0.3 is 5.97 Å². The molecule has 0 aromatic rings. The molecule has 1 N–H and O–H groups in total. The molecular weight excluding hydrogens is 178 g/mol. The SMILES string of the molecule is CC1CC(C)(C)CC(C#N)(C(=O)O)C1. The minimum atomic E-state index is -1.15. The Morgan fingerprint density at radius 1 is 1.50 bits per heavy atom. The molecule has 1 aliphatic carbocycles. The molecule has 1 saturated carbocycles. The predicted octanol–water partition coefficient (Wildman–Crippen LogP) is 2.43. The molecule has 0 radical (unpaired) electrons. The van der Waals surface area contributed by atoms with Crippen LogP contribution in [0.15, 0.2) is 0 Å². The average Bonchev–Trinajstić information content (AvgIpc) is 2.00. The highest BCUT2D eigenvalue weighted by molar-refractivity contribution is 5.78. The van der Waals surface area contributed by atoms with Gasteiger partial charge in [-0.05, 0) is 30.6 Å². The Morgan fingerprint density at radius 3 is 2.43 bits per heavy atom. The second kappa shape index (κ2) is 3.27. The van der Waals surface area contributed by atoms with Gasteiger partial charge in [0.1, 0.15) is 0 Å². The highest BCUT2D eigenvalue weighted by Gasteiger charge is 2.48. The quantitative estimate of drug-likeness (QED) is 0.699. The van der Waals surface area contributed by atoms with Gasteiger partial charge in [-0.2, -0.15) is 5.26 Å². The van der Waals surface area contributed by atoms with E-state index in [1.54, 1.807) is 0 Å². The van der Waals surface area contributed by atoms with Gasteiger partial charge in [0.2, 0.25) is 0 Å². The molecule has 2 atom stereocenters. The number of hydrogen-bond acceptors (Lipinski definition) is 2. The van der Waals surface area contributed by atoms with E-state index in [0.29, 0.717) is 18.8 Å². The number of aliphatic carboxylic acids is 1. The maximum absolute atomic E-state index is 11.1. The highest BCUT2D eigenvalue weighted by atomic mass is 16.4. The Kier molecular flexibility index (Phi) is 2.58. The van der Waals surface area contributed by atoms with Crippen molar-refractivity contribution in [3.05, 3.63) is 0 Å². The Bertz CT molecular complexity index is 290. The maximum Gasteiger partial charge on any atom is 0.324 e. The monoisotopic (exact) mass is 195 g/mol. The lowest BCUT2D eigenvalue weighted by atomic mass is 9.61. The summed E-state index contributed by atoms with van der Waals surface area (Å²) >= 11 is 0. The zero-order valence-electron chi connectivity index (χ0n) is 9.00. The summed E-state index contributed by atoms with van der Waals surface area (Å²) in [6.07, 6.45) is 1.96. The number of nitrogens with zero attached hydrogens (tertiary/aromatic N) is 1. The summed E-state index contributed by atoms with van der Waals surface area (Å²) in [6, 6.07) is 2.00. The third-order valence-electron chi connectivity index (χ3n) is 3.00. The first kappa shape index (κ1) is 11.0. The molecule has 0 aromatic carbocycles. The first-order chi connectivity index (χ1) is 6.31. The molecule has 0 bridgehead atoms. The minimum absolute atomic E-state index is 0.0359. The van der Waals surface area contributed by atoms with E-state index in [2.05, 4.69) is 0 Å². The van der Waals surface area contributed by atoms with Gasteiger partial charge < -0.3 is 5.11 Å². The van der Waals surface area contributed by atoms with Crippen LogP contribution in [0.1, 0.15) is 40.0 Å². The molecule has 0 saturated heterocycles. The fraction of sp³-hybridized carbons (Fsp3) is 0.818. The highest BCUT2D eigenvalue weighted by Crippen LogP contribution is 2.48. The van der Waals surface area contributed by atoms with Crippen molar-refractivity contribution in [3.63, 3.8) is 0 Å². The van der Waals surface area contributed by atoms with Crippen molar-refractivity contribution in [2.24, 2.45) is 16.7 Å². The molecule has 3 heteroatoms. The van der Waals surface area contributed by atoms with Crippen LogP contribution in [0.2, 0.25) is 0 Å². The van der Waals surface area contributed by atoms with E-state index in [0.717, 1.165) is 6.42 Å². The van der Waals surface area contributed by atoms with Crippen LogP contribution < -0.4 is 0 Å². The summed E-state index contributed by atoms with van der Waals surface area (Å²) in [6.45, 7) is 6.10. The van der Waals surface area contributed by atoms with Gasteiger partial charge in [-0.3, -0.25) is 4.79 Å². The second-order valence-corrected chi connectivity index (χ2v) is 5.35. The molecular formula is C11H17NO2. The third-order valence-corrected chi connectivity index (χ3v) is 3.00. The molecule has 1 rings (SSSR count). The predicted molar refractivity (Wildman–Crippen MR) is 52.5 cm³/mol. The van der Waals surface area contributed by atoms with E-state index in [4.69, 9.17) is 10.4 Å². The van der Waals surface area contributed by atoms with Crippen molar-refractivity contribution in [3.8, 4) is 6.07 Å². The van der Waals surface area contributed by atoms with E-state index < -0.39 is 11.4 Å². The molecule has 14 heavy (non-hydrogen) atoms. The number of carbonyl (C=O) groups is 1. The number of carboxylic acids is 1. The van der Waals surface area contributed by atoms with Crippen LogP contribution >= 0.6 is 0 Å². The zero-order valence-corrected chi connectivity index (χ0v) is 9.00. The lowest BCUT2D eigenvalue weighted by molar-refractivity contribution is -0.150. The zero-order chi connectivity index (χ0) is 11.0. The van der Waals surface area contributed by atoms with E-state index in [9.17, 15) is 4.79 Å². The third kappa shape index (κ3) is 1.89. The van der Waals surface area contributed by atoms with Crippen LogP contribution in [0.5, 0.6) is 0 Å². The van der Waals surface area contributed by atoms with Crippen molar-refractivity contribution in [1.29, 1.82) is 5.26 Å². The molecule has 1 fully saturated rings. The Morgan fingerprint density at radius 2 is 2.07 bits per heavy atom. The Balaban J connectivity index is 3.00. The molecule has 0 heterocycles. The van der Waals surface area contributed by atoms with Gasteiger partial charge in [-0.1, -0.05) is 20.8 Å². The second-order valence-electron chi connectivity index (χ2n) is 5.35. The van der Waals surface area contributed by atoms with Gasteiger partial charge in [0.25, 0.3) is 0 Å². The van der Waals surface area contributed by atoms with Crippen LogP contribution in [0, 0.1) is 28.1 Å².